The van der Waals surface area contributed by atoms with Gasteiger partial charge >= 0.3 is 0 Å². The molecule has 0 bridgehead atoms. The zero-order valence-corrected chi connectivity index (χ0v) is 16.9. The molecule has 0 spiro atoms. The highest BCUT2D eigenvalue weighted by Gasteiger charge is 2.16. The molecule has 0 atom stereocenters. The van der Waals surface area contributed by atoms with Crippen LogP contribution in [0.3, 0.4) is 0 Å². The van der Waals surface area contributed by atoms with E-state index in [4.69, 9.17) is 4.74 Å². The second-order valence-electron chi connectivity index (χ2n) is 6.88. The highest BCUT2D eigenvalue weighted by Crippen LogP contribution is 2.22. The van der Waals surface area contributed by atoms with Crippen molar-refractivity contribution in [1.82, 2.24) is 14.7 Å². The van der Waals surface area contributed by atoms with Crippen molar-refractivity contribution >= 4 is 11.6 Å². The van der Waals surface area contributed by atoms with Crippen molar-refractivity contribution in [2.75, 3.05) is 32.1 Å². The maximum Gasteiger partial charge on any atom is 0.238 e. The molecular weight excluding hydrogens is 371 g/mol. The number of anilines is 1. The summed E-state index contributed by atoms with van der Waals surface area (Å²) in [6.45, 7) is 5.00. The standard InChI is InChI=1S/C22H25FN4O2/c1-16-22(17(2)27(25-16)19-7-5-4-6-8-19)24-21(28)15-26(3)13-14-29-20-11-9-18(23)10-12-20/h4-12H,13-15H2,1-3H3,(H,24,28). The summed E-state index contributed by atoms with van der Waals surface area (Å²) in [7, 11) is 1.85. The van der Waals surface area contributed by atoms with Crippen LogP contribution in [0.25, 0.3) is 5.69 Å². The Morgan fingerprint density at radius 1 is 1.14 bits per heavy atom. The van der Waals surface area contributed by atoms with Crippen LogP contribution in [0.1, 0.15) is 11.4 Å². The second-order valence-corrected chi connectivity index (χ2v) is 6.88. The van der Waals surface area contributed by atoms with E-state index in [1.54, 1.807) is 12.1 Å². The minimum atomic E-state index is -0.299. The van der Waals surface area contributed by atoms with Crippen LogP contribution in [0.2, 0.25) is 0 Å². The number of amides is 1. The Kier molecular flexibility index (Phi) is 6.61. The van der Waals surface area contributed by atoms with Crippen LogP contribution in [0.4, 0.5) is 10.1 Å². The van der Waals surface area contributed by atoms with E-state index in [-0.39, 0.29) is 18.3 Å². The highest BCUT2D eigenvalue weighted by molar-refractivity contribution is 5.93. The lowest BCUT2D eigenvalue weighted by Gasteiger charge is -2.17. The molecule has 1 N–H and O–H groups in total. The van der Waals surface area contributed by atoms with Crippen molar-refractivity contribution in [2.45, 2.75) is 13.8 Å². The van der Waals surface area contributed by atoms with Gasteiger partial charge < -0.3 is 10.1 Å². The lowest BCUT2D eigenvalue weighted by Crippen LogP contribution is -2.33. The number of para-hydroxylation sites is 1. The van der Waals surface area contributed by atoms with Crippen LogP contribution in [-0.2, 0) is 4.79 Å². The Bertz CT molecular complexity index is 955. The van der Waals surface area contributed by atoms with Gasteiger partial charge in [0.2, 0.25) is 5.91 Å². The lowest BCUT2D eigenvalue weighted by molar-refractivity contribution is -0.117. The molecule has 1 aromatic heterocycles. The van der Waals surface area contributed by atoms with Crippen LogP contribution in [0.5, 0.6) is 5.75 Å². The third kappa shape index (κ3) is 5.42. The molecule has 2 aromatic carbocycles. The number of hydrogen-bond acceptors (Lipinski definition) is 4. The average Bonchev–Trinajstić information content (AvgIpc) is 2.98. The topological polar surface area (TPSA) is 59.4 Å². The van der Waals surface area contributed by atoms with Crippen molar-refractivity contribution in [1.29, 1.82) is 0 Å². The SMILES string of the molecule is Cc1nn(-c2ccccc2)c(C)c1NC(=O)CN(C)CCOc1ccc(F)cc1. The Labute approximate surface area is 169 Å². The fourth-order valence-electron chi connectivity index (χ4n) is 3.00. The van der Waals surface area contributed by atoms with E-state index >= 15 is 0 Å². The number of halogens is 1. The molecule has 0 aliphatic carbocycles. The predicted octanol–water partition coefficient (Wildman–Crippen LogP) is 3.58. The summed E-state index contributed by atoms with van der Waals surface area (Å²) in [6.07, 6.45) is 0. The molecule has 6 nitrogen and oxygen atoms in total. The smallest absolute Gasteiger partial charge is 0.238 e. The number of rotatable bonds is 8. The molecule has 1 amide bonds. The average molecular weight is 396 g/mol. The van der Waals surface area contributed by atoms with Crippen LogP contribution in [0.15, 0.2) is 54.6 Å². The third-order valence-electron chi connectivity index (χ3n) is 4.53. The van der Waals surface area contributed by atoms with Gasteiger partial charge in [-0.1, -0.05) is 18.2 Å². The summed E-state index contributed by atoms with van der Waals surface area (Å²) in [5.74, 6) is 0.184. The quantitative estimate of drug-likeness (QED) is 0.632. The summed E-state index contributed by atoms with van der Waals surface area (Å²) in [5, 5.41) is 7.51. The van der Waals surface area contributed by atoms with Crippen molar-refractivity contribution in [2.24, 2.45) is 0 Å². The summed E-state index contributed by atoms with van der Waals surface area (Å²) in [6, 6.07) is 15.7. The second kappa shape index (κ2) is 9.34. The number of carbonyl (C=O) groups excluding carboxylic acids is 1. The van der Waals surface area contributed by atoms with Gasteiger partial charge in [-0.3, -0.25) is 9.69 Å². The number of nitrogens with one attached hydrogen (secondary N) is 1. The maximum atomic E-state index is 12.9. The fourth-order valence-corrected chi connectivity index (χ4v) is 3.00. The lowest BCUT2D eigenvalue weighted by atomic mass is 10.3. The molecule has 3 rings (SSSR count). The van der Waals surface area contributed by atoms with E-state index in [2.05, 4.69) is 10.4 Å². The summed E-state index contributed by atoms with van der Waals surface area (Å²) < 4.78 is 20.3. The van der Waals surface area contributed by atoms with Crippen molar-refractivity contribution in [3.8, 4) is 11.4 Å². The van der Waals surface area contributed by atoms with Gasteiger partial charge in [0.15, 0.2) is 0 Å². The molecular formula is C22H25FN4O2. The van der Waals surface area contributed by atoms with Gasteiger partial charge in [0.1, 0.15) is 18.2 Å². The summed E-state index contributed by atoms with van der Waals surface area (Å²) in [4.78, 5) is 14.3. The normalized spacial score (nSPS) is 10.9. The summed E-state index contributed by atoms with van der Waals surface area (Å²) in [5.41, 5.74) is 3.32. The van der Waals surface area contributed by atoms with Gasteiger partial charge in [-0.25, -0.2) is 9.07 Å². The molecule has 7 heteroatoms. The van der Waals surface area contributed by atoms with Crippen LogP contribution in [-0.4, -0.2) is 47.3 Å². The molecule has 0 fully saturated rings. The Balaban J connectivity index is 1.52. The first kappa shape index (κ1) is 20.5. The first-order valence-corrected chi connectivity index (χ1v) is 9.42. The molecule has 0 unspecified atom stereocenters. The predicted molar refractivity (Wildman–Crippen MR) is 111 cm³/mol. The molecule has 3 aromatic rings. The van der Waals surface area contributed by atoms with Gasteiger partial charge in [0.25, 0.3) is 0 Å². The molecule has 0 saturated carbocycles. The van der Waals surface area contributed by atoms with Crippen LogP contribution < -0.4 is 10.1 Å². The highest BCUT2D eigenvalue weighted by atomic mass is 19.1. The monoisotopic (exact) mass is 396 g/mol. The molecule has 0 aliphatic heterocycles. The van der Waals surface area contributed by atoms with Crippen molar-refractivity contribution in [3.05, 3.63) is 71.8 Å². The number of aromatic nitrogens is 2. The molecule has 29 heavy (non-hydrogen) atoms. The first-order valence-electron chi connectivity index (χ1n) is 9.42. The molecule has 152 valence electrons. The number of carbonyl (C=O) groups is 1. The molecule has 0 saturated heterocycles. The van der Waals surface area contributed by atoms with Gasteiger partial charge in [0, 0.05) is 6.54 Å². The Morgan fingerprint density at radius 3 is 2.52 bits per heavy atom. The molecule has 0 radical (unpaired) electrons. The number of ether oxygens (including phenoxy) is 1. The van der Waals surface area contributed by atoms with Gasteiger partial charge in [-0.05, 0) is 57.3 Å². The van der Waals surface area contributed by atoms with E-state index in [0.717, 1.165) is 22.8 Å². The van der Waals surface area contributed by atoms with Crippen LogP contribution in [0, 0.1) is 19.7 Å². The number of nitrogens with zero attached hydrogens (tertiary/aromatic N) is 3. The Hall–Kier alpha value is -3.19. The Morgan fingerprint density at radius 2 is 1.83 bits per heavy atom. The van der Waals surface area contributed by atoms with E-state index in [1.807, 2.05) is 60.8 Å². The number of aryl methyl sites for hydroxylation is 1. The molecule has 0 aliphatic rings. The third-order valence-corrected chi connectivity index (χ3v) is 4.53. The van der Waals surface area contributed by atoms with E-state index in [0.29, 0.717) is 18.9 Å². The minimum Gasteiger partial charge on any atom is -0.492 e. The van der Waals surface area contributed by atoms with E-state index in [9.17, 15) is 9.18 Å². The largest absolute Gasteiger partial charge is 0.492 e. The zero-order valence-electron chi connectivity index (χ0n) is 16.9. The van der Waals surface area contributed by atoms with Gasteiger partial charge in [0.05, 0.1) is 29.3 Å². The van der Waals surface area contributed by atoms with E-state index < -0.39 is 0 Å². The number of hydrogen-bond donors (Lipinski definition) is 1. The minimum absolute atomic E-state index is 0.118. The van der Waals surface area contributed by atoms with Crippen LogP contribution >= 0.6 is 0 Å². The van der Waals surface area contributed by atoms with Crippen molar-refractivity contribution < 1.29 is 13.9 Å². The number of likely N-dealkylation sites (N-methyl/N-ethyl adjacent to an activating group) is 1. The van der Waals surface area contributed by atoms with Crippen molar-refractivity contribution in [3.63, 3.8) is 0 Å². The van der Waals surface area contributed by atoms with Gasteiger partial charge in [-0.15, -0.1) is 0 Å². The molecule has 1 heterocycles. The number of benzene rings is 2. The first-order chi connectivity index (χ1) is 13.9. The summed E-state index contributed by atoms with van der Waals surface area (Å²) >= 11 is 0. The van der Waals surface area contributed by atoms with Gasteiger partial charge in [-0.2, -0.15) is 5.10 Å². The zero-order chi connectivity index (χ0) is 20.8. The fraction of sp³-hybridized carbons (Fsp3) is 0.273. The maximum absolute atomic E-state index is 12.9. The van der Waals surface area contributed by atoms with E-state index in [1.165, 1.54) is 12.1 Å².